The van der Waals surface area contributed by atoms with Gasteiger partial charge in [0.1, 0.15) is 0 Å². The Morgan fingerprint density at radius 2 is 2.09 bits per heavy atom. The standard InChI is InChI=1S/C17H25NO4/c1-12(2)6-7-22-16-8-13(4-5-15(16)21-3)9-18-10-14(11-18)17(19)20/h4-5,8,12,14H,6-7,9-11H2,1-3H3,(H,19,20). The molecule has 1 heterocycles. The first-order chi connectivity index (χ1) is 10.5. The summed E-state index contributed by atoms with van der Waals surface area (Å²) in [6.07, 6.45) is 1.000. The van der Waals surface area contributed by atoms with Gasteiger partial charge >= 0.3 is 5.97 Å². The van der Waals surface area contributed by atoms with Gasteiger partial charge in [-0.25, -0.2) is 0 Å². The Bertz CT molecular complexity index is 509. The van der Waals surface area contributed by atoms with Gasteiger partial charge in [-0.05, 0) is 30.0 Å². The molecule has 0 atom stereocenters. The number of aliphatic carboxylic acids is 1. The van der Waals surface area contributed by atoms with Crippen molar-refractivity contribution in [2.75, 3.05) is 26.8 Å². The maximum Gasteiger partial charge on any atom is 0.309 e. The molecule has 0 saturated carbocycles. The van der Waals surface area contributed by atoms with Crippen LogP contribution < -0.4 is 9.47 Å². The van der Waals surface area contributed by atoms with Gasteiger partial charge in [0.05, 0.1) is 19.6 Å². The predicted molar refractivity (Wildman–Crippen MR) is 84.3 cm³/mol. The average Bonchev–Trinajstić information content (AvgIpc) is 2.41. The summed E-state index contributed by atoms with van der Waals surface area (Å²) >= 11 is 0. The summed E-state index contributed by atoms with van der Waals surface area (Å²) in [5.41, 5.74) is 1.11. The molecule has 2 rings (SSSR count). The fraction of sp³-hybridized carbons (Fsp3) is 0.588. The van der Waals surface area contributed by atoms with Gasteiger partial charge in [0.15, 0.2) is 11.5 Å². The number of carbonyl (C=O) groups is 1. The Morgan fingerprint density at radius 1 is 1.36 bits per heavy atom. The van der Waals surface area contributed by atoms with Gasteiger partial charge in [0.25, 0.3) is 0 Å². The maximum absolute atomic E-state index is 10.8. The Hall–Kier alpha value is -1.75. The number of nitrogens with zero attached hydrogens (tertiary/aromatic N) is 1. The first kappa shape index (κ1) is 16.6. The first-order valence-electron chi connectivity index (χ1n) is 7.74. The molecule has 1 aliphatic heterocycles. The summed E-state index contributed by atoms with van der Waals surface area (Å²) in [5.74, 6) is 1.17. The number of rotatable bonds is 8. The van der Waals surface area contributed by atoms with E-state index in [0.717, 1.165) is 30.0 Å². The molecule has 0 amide bonds. The molecule has 5 nitrogen and oxygen atoms in total. The summed E-state index contributed by atoms with van der Waals surface area (Å²) in [4.78, 5) is 13.0. The minimum absolute atomic E-state index is 0.222. The summed E-state index contributed by atoms with van der Waals surface area (Å²) in [6, 6.07) is 5.91. The third-order valence-corrected chi connectivity index (χ3v) is 3.89. The highest BCUT2D eigenvalue weighted by molar-refractivity contribution is 5.71. The van der Waals surface area contributed by atoms with Crippen LogP contribution in [0.2, 0.25) is 0 Å². The summed E-state index contributed by atoms with van der Waals surface area (Å²) in [7, 11) is 1.64. The van der Waals surface area contributed by atoms with E-state index in [9.17, 15) is 4.79 Å². The Balaban J connectivity index is 1.93. The third-order valence-electron chi connectivity index (χ3n) is 3.89. The van der Waals surface area contributed by atoms with Crippen molar-refractivity contribution in [1.29, 1.82) is 0 Å². The van der Waals surface area contributed by atoms with Crippen LogP contribution in [0.5, 0.6) is 11.5 Å². The largest absolute Gasteiger partial charge is 0.493 e. The molecule has 1 aromatic rings. The van der Waals surface area contributed by atoms with Crippen LogP contribution >= 0.6 is 0 Å². The molecule has 0 spiro atoms. The third kappa shape index (κ3) is 4.37. The Morgan fingerprint density at radius 3 is 2.68 bits per heavy atom. The van der Waals surface area contributed by atoms with Crippen LogP contribution in [0.15, 0.2) is 18.2 Å². The second-order valence-electron chi connectivity index (χ2n) is 6.25. The summed E-state index contributed by atoms with van der Waals surface area (Å²) in [6.45, 7) is 6.98. The lowest BCUT2D eigenvalue weighted by Gasteiger charge is -2.36. The molecule has 5 heteroatoms. The van der Waals surface area contributed by atoms with Gasteiger partial charge in [-0.15, -0.1) is 0 Å². The predicted octanol–water partition coefficient (Wildman–Crippen LogP) is 2.64. The van der Waals surface area contributed by atoms with E-state index in [4.69, 9.17) is 14.6 Å². The molecule has 1 aromatic carbocycles. The number of hydrogen-bond acceptors (Lipinski definition) is 4. The second kappa shape index (κ2) is 7.49. The maximum atomic E-state index is 10.8. The van der Waals surface area contributed by atoms with Gasteiger partial charge in [0.2, 0.25) is 0 Å². The number of methoxy groups -OCH3 is 1. The van der Waals surface area contributed by atoms with E-state index in [2.05, 4.69) is 18.7 Å². The van der Waals surface area contributed by atoms with Crippen molar-refractivity contribution in [3.05, 3.63) is 23.8 Å². The number of carboxylic acids is 1. The van der Waals surface area contributed by atoms with Crippen LogP contribution in [-0.4, -0.2) is 42.8 Å². The smallest absolute Gasteiger partial charge is 0.309 e. The van der Waals surface area contributed by atoms with Gasteiger partial charge in [-0.2, -0.15) is 0 Å². The highest BCUT2D eigenvalue weighted by atomic mass is 16.5. The molecule has 1 saturated heterocycles. The molecule has 0 aliphatic carbocycles. The molecule has 1 aliphatic rings. The monoisotopic (exact) mass is 307 g/mol. The molecule has 0 radical (unpaired) electrons. The number of carboxylic acid groups (broad SMARTS) is 1. The molecular formula is C17H25NO4. The zero-order valence-electron chi connectivity index (χ0n) is 13.5. The van der Waals surface area contributed by atoms with E-state index < -0.39 is 5.97 Å². The minimum atomic E-state index is -0.705. The van der Waals surface area contributed by atoms with Gasteiger partial charge in [-0.3, -0.25) is 9.69 Å². The van der Waals surface area contributed by atoms with Crippen molar-refractivity contribution < 1.29 is 19.4 Å². The van der Waals surface area contributed by atoms with Gasteiger partial charge in [0, 0.05) is 19.6 Å². The first-order valence-corrected chi connectivity index (χ1v) is 7.74. The second-order valence-corrected chi connectivity index (χ2v) is 6.25. The highest BCUT2D eigenvalue weighted by Crippen LogP contribution is 2.30. The zero-order valence-corrected chi connectivity index (χ0v) is 13.5. The molecule has 0 aromatic heterocycles. The average molecular weight is 307 g/mol. The summed E-state index contributed by atoms with van der Waals surface area (Å²) in [5, 5.41) is 8.91. The molecule has 1 fully saturated rings. The van der Waals surface area contributed by atoms with E-state index in [1.807, 2.05) is 18.2 Å². The van der Waals surface area contributed by atoms with Crippen LogP contribution in [0.3, 0.4) is 0 Å². The number of hydrogen-bond donors (Lipinski definition) is 1. The van der Waals surface area contributed by atoms with Crippen molar-refractivity contribution in [3.8, 4) is 11.5 Å². The normalized spacial score (nSPS) is 15.6. The van der Waals surface area contributed by atoms with Crippen LogP contribution in [0.25, 0.3) is 0 Å². The molecule has 0 bridgehead atoms. The van der Waals surface area contributed by atoms with Crippen molar-refractivity contribution in [2.45, 2.75) is 26.8 Å². The lowest BCUT2D eigenvalue weighted by Crippen LogP contribution is -2.49. The van der Waals surface area contributed by atoms with Crippen molar-refractivity contribution in [2.24, 2.45) is 11.8 Å². The van der Waals surface area contributed by atoms with Crippen LogP contribution in [0, 0.1) is 11.8 Å². The van der Waals surface area contributed by atoms with Crippen LogP contribution in [0.4, 0.5) is 0 Å². The molecule has 0 unspecified atom stereocenters. The molecular weight excluding hydrogens is 282 g/mol. The topological polar surface area (TPSA) is 59.0 Å². The van der Waals surface area contributed by atoms with E-state index in [1.165, 1.54) is 0 Å². The highest BCUT2D eigenvalue weighted by Gasteiger charge is 2.32. The number of ether oxygens (including phenoxy) is 2. The Labute approximate surface area is 131 Å². The van der Waals surface area contributed by atoms with E-state index in [1.54, 1.807) is 7.11 Å². The molecule has 122 valence electrons. The number of likely N-dealkylation sites (tertiary alicyclic amines) is 1. The summed E-state index contributed by atoms with van der Waals surface area (Å²) < 4.78 is 11.2. The lowest BCUT2D eigenvalue weighted by atomic mass is 9.99. The van der Waals surface area contributed by atoms with Gasteiger partial charge in [-0.1, -0.05) is 19.9 Å². The molecule has 22 heavy (non-hydrogen) atoms. The van der Waals surface area contributed by atoms with Crippen LogP contribution in [0.1, 0.15) is 25.8 Å². The molecule has 1 N–H and O–H groups in total. The lowest BCUT2D eigenvalue weighted by molar-refractivity contribution is -0.147. The Kier molecular flexibility index (Phi) is 5.66. The minimum Gasteiger partial charge on any atom is -0.493 e. The fourth-order valence-corrected chi connectivity index (χ4v) is 2.45. The van der Waals surface area contributed by atoms with Crippen molar-refractivity contribution >= 4 is 5.97 Å². The SMILES string of the molecule is COc1ccc(CN2CC(C(=O)O)C2)cc1OCCC(C)C. The van der Waals surface area contributed by atoms with Crippen LogP contribution in [-0.2, 0) is 11.3 Å². The quantitative estimate of drug-likeness (QED) is 0.800. The van der Waals surface area contributed by atoms with Crippen molar-refractivity contribution in [1.82, 2.24) is 4.90 Å². The van der Waals surface area contributed by atoms with E-state index >= 15 is 0 Å². The van der Waals surface area contributed by atoms with Crippen molar-refractivity contribution in [3.63, 3.8) is 0 Å². The van der Waals surface area contributed by atoms with E-state index in [0.29, 0.717) is 25.6 Å². The van der Waals surface area contributed by atoms with Gasteiger partial charge < -0.3 is 14.6 Å². The fourth-order valence-electron chi connectivity index (χ4n) is 2.45. The van der Waals surface area contributed by atoms with E-state index in [-0.39, 0.29) is 5.92 Å². The number of benzene rings is 1. The zero-order chi connectivity index (χ0) is 16.1.